The molecule has 0 aromatic heterocycles. The highest BCUT2D eigenvalue weighted by Crippen LogP contribution is 2.12. The molecule has 0 N–H and O–H groups in total. The van der Waals surface area contributed by atoms with Crippen LogP contribution in [0.3, 0.4) is 0 Å². The Labute approximate surface area is 367 Å². The molecule has 0 aliphatic rings. The van der Waals surface area contributed by atoms with Crippen LogP contribution in [0.25, 0.3) is 0 Å². The molecule has 6 nitrogen and oxygen atoms in total. The number of ether oxygens (including phenoxy) is 3. The van der Waals surface area contributed by atoms with E-state index < -0.39 is 12.1 Å². The van der Waals surface area contributed by atoms with Crippen LogP contribution in [-0.4, -0.2) is 37.2 Å². The Morgan fingerprint density at radius 1 is 0.383 bits per heavy atom. The summed E-state index contributed by atoms with van der Waals surface area (Å²) < 4.78 is 16.6. The molecule has 0 radical (unpaired) electrons. The van der Waals surface area contributed by atoms with Crippen molar-refractivity contribution in [3.63, 3.8) is 0 Å². The van der Waals surface area contributed by atoms with E-state index in [2.05, 4.69) is 106 Å². The monoisotopic (exact) mass is 829 g/mol. The van der Waals surface area contributed by atoms with Crippen LogP contribution >= 0.6 is 0 Å². The van der Waals surface area contributed by atoms with Gasteiger partial charge in [-0.25, -0.2) is 0 Å². The van der Waals surface area contributed by atoms with Gasteiger partial charge in [-0.1, -0.05) is 206 Å². The Kier molecular flexibility index (Phi) is 44.2. The quantitative estimate of drug-likeness (QED) is 0.0201. The second-order valence-corrected chi connectivity index (χ2v) is 15.1. The number of esters is 3. The van der Waals surface area contributed by atoms with Crippen molar-refractivity contribution in [2.75, 3.05) is 13.2 Å². The summed E-state index contributed by atoms with van der Waals surface area (Å²) in [7, 11) is 0. The molecule has 0 fully saturated rings. The SMILES string of the molecule is CC\C=C/C=C\C=C/C=C\CCCCCCCC(=O)OC(COC(=O)C/C=C\C/C=C\C/C=C\CC)COC(=O)CCCCCCC\C=C/C=C\C=C/CCCCCCC. The van der Waals surface area contributed by atoms with E-state index in [1.54, 1.807) is 6.08 Å². The Hall–Kier alpha value is -4.19. The van der Waals surface area contributed by atoms with Gasteiger partial charge >= 0.3 is 17.9 Å². The van der Waals surface area contributed by atoms with Crippen molar-refractivity contribution >= 4 is 17.9 Å². The average Bonchev–Trinajstić information content (AvgIpc) is 3.24. The third kappa shape index (κ3) is 44.9. The summed E-state index contributed by atoms with van der Waals surface area (Å²) in [4.78, 5) is 37.7. The number of hydrogen-bond acceptors (Lipinski definition) is 6. The third-order valence-electron chi connectivity index (χ3n) is 9.37. The first kappa shape index (κ1) is 55.8. The first-order valence-electron chi connectivity index (χ1n) is 23.6. The molecule has 1 unspecified atom stereocenters. The van der Waals surface area contributed by atoms with Crippen LogP contribution in [0.2, 0.25) is 0 Å². The summed E-state index contributed by atoms with van der Waals surface area (Å²) in [6, 6.07) is 0. The van der Waals surface area contributed by atoms with Gasteiger partial charge in [-0.05, 0) is 77.0 Å². The lowest BCUT2D eigenvalue weighted by Gasteiger charge is -2.18. The number of carbonyl (C=O) groups excluding carboxylic acids is 3. The Morgan fingerprint density at radius 2 is 0.783 bits per heavy atom. The molecule has 0 aliphatic heterocycles. The minimum Gasteiger partial charge on any atom is -0.462 e. The Morgan fingerprint density at radius 3 is 1.30 bits per heavy atom. The molecule has 336 valence electrons. The molecular weight excluding hydrogens is 745 g/mol. The maximum atomic E-state index is 12.7. The lowest BCUT2D eigenvalue weighted by molar-refractivity contribution is -0.166. The van der Waals surface area contributed by atoms with Gasteiger partial charge in [-0.15, -0.1) is 0 Å². The largest absolute Gasteiger partial charge is 0.462 e. The highest BCUT2D eigenvalue weighted by molar-refractivity contribution is 5.72. The smallest absolute Gasteiger partial charge is 0.309 e. The van der Waals surface area contributed by atoms with Gasteiger partial charge in [-0.2, -0.15) is 0 Å². The third-order valence-corrected chi connectivity index (χ3v) is 9.37. The van der Waals surface area contributed by atoms with Gasteiger partial charge < -0.3 is 14.2 Å². The van der Waals surface area contributed by atoms with Crippen molar-refractivity contribution in [1.82, 2.24) is 0 Å². The second kappa shape index (κ2) is 47.5. The van der Waals surface area contributed by atoms with Crippen LogP contribution in [0.1, 0.15) is 181 Å². The first-order chi connectivity index (χ1) is 29.5. The lowest BCUT2D eigenvalue weighted by Crippen LogP contribution is -2.30. The van der Waals surface area contributed by atoms with E-state index in [1.807, 2.05) is 30.4 Å². The number of rotatable bonds is 40. The van der Waals surface area contributed by atoms with Crippen LogP contribution in [0.15, 0.2) is 122 Å². The van der Waals surface area contributed by atoms with Gasteiger partial charge in [0.2, 0.25) is 0 Å². The van der Waals surface area contributed by atoms with E-state index in [9.17, 15) is 14.4 Å². The topological polar surface area (TPSA) is 78.9 Å². The van der Waals surface area contributed by atoms with E-state index >= 15 is 0 Å². The predicted octanol–water partition coefficient (Wildman–Crippen LogP) is 15.4. The van der Waals surface area contributed by atoms with Crippen molar-refractivity contribution in [3.8, 4) is 0 Å². The maximum absolute atomic E-state index is 12.7. The molecule has 0 rings (SSSR count). The van der Waals surface area contributed by atoms with Gasteiger partial charge in [0.1, 0.15) is 13.2 Å². The zero-order valence-electron chi connectivity index (χ0n) is 38.2. The fourth-order valence-electron chi connectivity index (χ4n) is 5.87. The highest BCUT2D eigenvalue weighted by Gasteiger charge is 2.19. The molecule has 0 aromatic carbocycles. The summed E-state index contributed by atoms with van der Waals surface area (Å²) in [5.41, 5.74) is 0. The van der Waals surface area contributed by atoms with Gasteiger partial charge in [0.25, 0.3) is 0 Å². The lowest BCUT2D eigenvalue weighted by atomic mass is 10.1. The van der Waals surface area contributed by atoms with Gasteiger partial charge in [0.15, 0.2) is 6.10 Å². The van der Waals surface area contributed by atoms with Crippen molar-refractivity contribution in [1.29, 1.82) is 0 Å². The molecule has 0 aliphatic carbocycles. The maximum Gasteiger partial charge on any atom is 0.309 e. The van der Waals surface area contributed by atoms with Crippen molar-refractivity contribution in [2.45, 2.75) is 187 Å². The van der Waals surface area contributed by atoms with Gasteiger partial charge in [0.05, 0.1) is 6.42 Å². The molecule has 60 heavy (non-hydrogen) atoms. The predicted molar refractivity (Wildman–Crippen MR) is 256 cm³/mol. The molecule has 0 spiro atoms. The zero-order valence-corrected chi connectivity index (χ0v) is 38.2. The number of unbranched alkanes of at least 4 members (excludes halogenated alkanes) is 15. The van der Waals surface area contributed by atoms with E-state index in [0.29, 0.717) is 6.42 Å². The number of carbonyl (C=O) groups is 3. The molecule has 0 aromatic rings. The van der Waals surface area contributed by atoms with Gasteiger partial charge in [0, 0.05) is 12.8 Å². The molecule has 0 saturated heterocycles. The fraction of sp³-hybridized carbons (Fsp3) is 0.574. The number of allylic oxidation sites excluding steroid dienone is 19. The summed E-state index contributed by atoms with van der Waals surface area (Å²) in [5.74, 6) is -1.11. The second-order valence-electron chi connectivity index (χ2n) is 15.1. The van der Waals surface area contributed by atoms with E-state index in [1.165, 1.54) is 32.1 Å². The standard InChI is InChI=1S/C54H84O6/c1-4-7-10-13-16-19-21-23-25-26-27-29-30-32-35-38-41-44-47-53(56)59-50-51(49-58-52(55)46-43-40-37-34-18-15-12-9-6-3)60-54(57)48-45-42-39-36-33-31-28-24-22-20-17-14-11-8-5-2/h8-9,11-12,14,17-18,20-29,34,40,43,51H,4-7,10,13,15-16,19,30-33,35-39,41-42,44-50H2,1-3H3/b11-8-,12-9-,17-14-,22-20-,23-21-,26-25-,28-24-,29-27-,34-18-,43-40-. The molecule has 0 heterocycles. The average molecular weight is 829 g/mol. The van der Waals surface area contributed by atoms with Crippen LogP contribution in [0.4, 0.5) is 0 Å². The van der Waals surface area contributed by atoms with Gasteiger partial charge in [-0.3, -0.25) is 14.4 Å². The molecule has 0 saturated carbocycles. The van der Waals surface area contributed by atoms with E-state index in [0.717, 1.165) is 109 Å². The van der Waals surface area contributed by atoms with Crippen LogP contribution in [-0.2, 0) is 28.6 Å². The van der Waals surface area contributed by atoms with Crippen molar-refractivity contribution in [2.24, 2.45) is 0 Å². The molecule has 0 bridgehead atoms. The minimum atomic E-state index is -0.836. The number of hydrogen-bond donors (Lipinski definition) is 0. The van der Waals surface area contributed by atoms with Crippen LogP contribution < -0.4 is 0 Å². The van der Waals surface area contributed by atoms with E-state index in [-0.39, 0.29) is 38.0 Å². The molecular formula is C54H84O6. The van der Waals surface area contributed by atoms with Crippen molar-refractivity contribution in [3.05, 3.63) is 122 Å². The summed E-state index contributed by atoms with van der Waals surface area (Å²) >= 11 is 0. The summed E-state index contributed by atoms with van der Waals surface area (Å²) in [6.45, 7) is 6.20. The zero-order chi connectivity index (χ0) is 43.7. The van der Waals surface area contributed by atoms with E-state index in [4.69, 9.17) is 14.2 Å². The highest BCUT2D eigenvalue weighted by atomic mass is 16.6. The summed E-state index contributed by atoms with van der Waals surface area (Å²) in [6.07, 6.45) is 65.0. The Bertz CT molecular complexity index is 1320. The fourth-order valence-corrected chi connectivity index (χ4v) is 5.87. The first-order valence-corrected chi connectivity index (χ1v) is 23.6. The normalized spacial score (nSPS) is 13.2. The Balaban J connectivity index is 4.51. The summed E-state index contributed by atoms with van der Waals surface area (Å²) in [5, 5.41) is 0. The molecule has 1 atom stereocenters. The van der Waals surface area contributed by atoms with Crippen molar-refractivity contribution < 1.29 is 28.6 Å². The van der Waals surface area contributed by atoms with Crippen LogP contribution in [0, 0.1) is 0 Å². The van der Waals surface area contributed by atoms with Crippen LogP contribution in [0.5, 0.6) is 0 Å². The molecule has 0 amide bonds. The molecule has 6 heteroatoms. The minimum absolute atomic E-state index is 0.120.